The Morgan fingerprint density at radius 3 is 2.61 bits per heavy atom. The summed E-state index contributed by atoms with van der Waals surface area (Å²) in [5, 5.41) is 3.25. The van der Waals surface area contributed by atoms with Crippen LogP contribution < -0.4 is 16.6 Å². The van der Waals surface area contributed by atoms with Crippen LogP contribution in [-0.4, -0.2) is 12.0 Å². The molecule has 1 saturated carbocycles. The van der Waals surface area contributed by atoms with Crippen molar-refractivity contribution in [2.24, 2.45) is 10.8 Å². The minimum Gasteiger partial charge on any atom is -0.324 e. The topological polar surface area (TPSA) is 62.4 Å². The number of hydrogen-bond acceptors (Lipinski definition) is 2. The van der Waals surface area contributed by atoms with Crippen molar-refractivity contribution in [3.05, 3.63) is 27.8 Å². The SMILES string of the molecule is NNC(=NC1CCCCC1)Nc1ccccc1I. The lowest BCUT2D eigenvalue weighted by atomic mass is 9.96. The molecule has 1 fully saturated rings. The van der Waals surface area contributed by atoms with Crippen LogP contribution in [0.15, 0.2) is 29.3 Å². The van der Waals surface area contributed by atoms with Gasteiger partial charge in [-0.2, -0.15) is 0 Å². The van der Waals surface area contributed by atoms with E-state index < -0.39 is 0 Å². The molecular formula is C13H19IN4. The summed E-state index contributed by atoms with van der Waals surface area (Å²) in [6.45, 7) is 0. The molecule has 18 heavy (non-hydrogen) atoms. The summed E-state index contributed by atoms with van der Waals surface area (Å²) < 4.78 is 1.15. The second kappa shape index (κ2) is 6.94. The first-order valence-electron chi connectivity index (χ1n) is 6.35. The number of nitrogens with two attached hydrogens (primary N) is 1. The molecule has 0 amide bonds. The third-order valence-electron chi connectivity index (χ3n) is 3.15. The molecule has 0 radical (unpaired) electrons. The number of guanidine groups is 1. The molecule has 0 saturated heterocycles. The maximum atomic E-state index is 5.54. The van der Waals surface area contributed by atoms with Crippen molar-refractivity contribution >= 4 is 34.2 Å². The number of hydrazine groups is 1. The smallest absolute Gasteiger partial charge is 0.210 e. The third-order valence-corrected chi connectivity index (χ3v) is 4.09. The average Bonchev–Trinajstić information content (AvgIpc) is 2.41. The number of nitrogens with zero attached hydrogens (tertiary/aromatic N) is 1. The Balaban J connectivity index is 2.04. The van der Waals surface area contributed by atoms with E-state index in [1.807, 2.05) is 18.2 Å². The molecule has 1 aliphatic carbocycles. The van der Waals surface area contributed by atoms with Gasteiger partial charge in [0.05, 0.1) is 11.7 Å². The Bertz CT molecular complexity index is 413. The van der Waals surface area contributed by atoms with Crippen LogP contribution in [0.5, 0.6) is 0 Å². The van der Waals surface area contributed by atoms with E-state index >= 15 is 0 Å². The molecule has 1 aromatic rings. The second-order valence-electron chi connectivity index (χ2n) is 4.52. The number of aliphatic imine (C=N–C) groups is 1. The molecule has 2 rings (SSSR count). The molecule has 5 heteroatoms. The zero-order valence-corrected chi connectivity index (χ0v) is 12.5. The standard InChI is InChI=1S/C13H19IN4/c14-11-8-4-5-9-12(11)17-13(18-15)16-10-6-2-1-3-7-10/h4-5,8-10H,1-3,6-7,15H2,(H2,16,17,18). The van der Waals surface area contributed by atoms with E-state index in [1.165, 1.54) is 32.1 Å². The van der Waals surface area contributed by atoms with Crippen molar-refractivity contribution in [1.29, 1.82) is 0 Å². The van der Waals surface area contributed by atoms with E-state index in [2.05, 4.69) is 44.4 Å². The predicted molar refractivity (Wildman–Crippen MR) is 84.4 cm³/mol. The maximum absolute atomic E-state index is 5.54. The highest BCUT2D eigenvalue weighted by atomic mass is 127. The van der Waals surface area contributed by atoms with Crippen LogP contribution in [0, 0.1) is 3.57 Å². The summed E-state index contributed by atoms with van der Waals surface area (Å²) in [5.74, 6) is 6.20. The van der Waals surface area contributed by atoms with Gasteiger partial charge in [-0.1, -0.05) is 31.4 Å². The molecule has 4 N–H and O–H groups in total. The molecule has 0 heterocycles. The van der Waals surface area contributed by atoms with Crippen molar-refractivity contribution in [2.75, 3.05) is 5.32 Å². The fraction of sp³-hybridized carbons (Fsp3) is 0.462. The monoisotopic (exact) mass is 358 g/mol. The fourth-order valence-corrected chi connectivity index (χ4v) is 2.71. The van der Waals surface area contributed by atoms with Crippen molar-refractivity contribution in [3.8, 4) is 0 Å². The van der Waals surface area contributed by atoms with Crippen LogP contribution in [0.1, 0.15) is 32.1 Å². The Kier molecular flexibility index (Phi) is 5.25. The van der Waals surface area contributed by atoms with Crippen LogP contribution in [-0.2, 0) is 0 Å². The van der Waals surface area contributed by atoms with Gasteiger partial charge in [-0.3, -0.25) is 5.43 Å². The molecule has 4 nitrogen and oxygen atoms in total. The van der Waals surface area contributed by atoms with Crippen LogP contribution in [0.3, 0.4) is 0 Å². The zero-order chi connectivity index (χ0) is 12.8. The highest BCUT2D eigenvalue weighted by molar-refractivity contribution is 14.1. The van der Waals surface area contributed by atoms with E-state index in [-0.39, 0.29) is 0 Å². The number of rotatable bonds is 2. The number of benzene rings is 1. The van der Waals surface area contributed by atoms with Crippen molar-refractivity contribution < 1.29 is 0 Å². The van der Waals surface area contributed by atoms with Gasteiger partial charge >= 0.3 is 0 Å². The van der Waals surface area contributed by atoms with Crippen LogP contribution >= 0.6 is 22.6 Å². The van der Waals surface area contributed by atoms with Gasteiger partial charge in [-0.05, 0) is 47.6 Å². The molecule has 0 bridgehead atoms. The normalized spacial score (nSPS) is 17.6. The summed E-state index contributed by atoms with van der Waals surface area (Å²) in [6, 6.07) is 8.49. The van der Waals surface area contributed by atoms with Crippen molar-refractivity contribution in [1.82, 2.24) is 5.43 Å². The van der Waals surface area contributed by atoms with Crippen LogP contribution in [0.25, 0.3) is 0 Å². The quantitative estimate of drug-likeness (QED) is 0.251. The van der Waals surface area contributed by atoms with Crippen molar-refractivity contribution in [3.63, 3.8) is 0 Å². The van der Waals surface area contributed by atoms with Gasteiger partial charge in [0.25, 0.3) is 0 Å². The molecule has 1 aliphatic rings. The molecule has 0 spiro atoms. The van der Waals surface area contributed by atoms with E-state index in [4.69, 9.17) is 5.84 Å². The highest BCUT2D eigenvalue weighted by Gasteiger charge is 2.13. The van der Waals surface area contributed by atoms with Gasteiger partial charge in [-0.25, -0.2) is 10.8 Å². The number of anilines is 1. The zero-order valence-electron chi connectivity index (χ0n) is 10.3. The highest BCUT2D eigenvalue weighted by Crippen LogP contribution is 2.21. The van der Waals surface area contributed by atoms with Crippen molar-refractivity contribution in [2.45, 2.75) is 38.1 Å². The van der Waals surface area contributed by atoms with E-state index in [1.54, 1.807) is 0 Å². The van der Waals surface area contributed by atoms with E-state index in [9.17, 15) is 0 Å². The first-order chi connectivity index (χ1) is 8.79. The fourth-order valence-electron chi connectivity index (χ4n) is 2.19. The summed E-state index contributed by atoms with van der Waals surface area (Å²) in [4.78, 5) is 4.66. The summed E-state index contributed by atoms with van der Waals surface area (Å²) in [7, 11) is 0. The number of hydrogen-bond donors (Lipinski definition) is 3. The molecule has 1 aromatic carbocycles. The summed E-state index contributed by atoms with van der Waals surface area (Å²) in [6.07, 6.45) is 6.21. The van der Waals surface area contributed by atoms with Gasteiger partial charge in [-0.15, -0.1) is 0 Å². The van der Waals surface area contributed by atoms with Gasteiger partial charge in [0.1, 0.15) is 0 Å². The molecule has 98 valence electrons. The lowest BCUT2D eigenvalue weighted by molar-refractivity contribution is 0.442. The summed E-state index contributed by atoms with van der Waals surface area (Å²) >= 11 is 2.29. The minimum atomic E-state index is 0.402. The molecule has 0 atom stereocenters. The predicted octanol–water partition coefficient (Wildman–Crippen LogP) is 2.86. The minimum absolute atomic E-state index is 0.402. The summed E-state index contributed by atoms with van der Waals surface area (Å²) in [5.41, 5.74) is 3.69. The molecular weight excluding hydrogens is 339 g/mol. The lowest BCUT2D eigenvalue weighted by Gasteiger charge is -2.19. The Hall–Kier alpha value is -0.820. The Morgan fingerprint density at radius 1 is 1.22 bits per heavy atom. The maximum Gasteiger partial charge on any atom is 0.210 e. The van der Waals surface area contributed by atoms with Crippen LogP contribution in [0.2, 0.25) is 0 Å². The van der Waals surface area contributed by atoms with Gasteiger partial charge in [0.2, 0.25) is 5.96 Å². The Labute approximate surface area is 122 Å². The van der Waals surface area contributed by atoms with E-state index in [0.29, 0.717) is 12.0 Å². The second-order valence-corrected chi connectivity index (χ2v) is 5.68. The molecule has 0 unspecified atom stereocenters. The Morgan fingerprint density at radius 2 is 1.94 bits per heavy atom. The molecule has 0 aliphatic heterocycles. The third kappa shape index (κ3) is 3.84. The molecule has 0 aromatic heterocycles. The lowest BCUT2D eigenvalue weighted by Crippen LogP contribution is -2.37. The number of nitrogens with one attached hydrogen (secondary N) is 2. The number of para-hydroxylation sites is 1. The first kappa shape index (κ1) is 13.6. The largest absolute Gasteiger partial charge is 0.324 e. The van der Waals surface area contributed by atoms with Gasteiger partial charge < -0.3 is 5.32 Å². The number of halogens is 1. The first-order valence-corrected chi connectivity index (χ1v) is 7.43. The average molecular weight is 358 g/mol. The van der Waals surface area contributed by atoms with E-state index in [0.717, 1.165) is 9.26 Å². The van der Waals surface area contributed by atoms with Gasteiger partial charge in [0.15, 0.2) is 0 Å². The van der Waals surface area contributed by atoms with Crippen LogP contribution in [0.4, 0.5) is 5.69 Å². The van der Waals surface area contributed by atoms with Gasteiger partial charge in [0, 0.05) is 3.57 Å².